The Balaban J connectivity index is 2.23. The van der Waals surface area contributed by atoms with Gasteiger partial charge in [-0.3, -0.25) is 4.99 Å². The van der Waals surface area contributed by atoms with Gasteiger partial charge in [0.25, 0.3) is 0 Å². The fourth-order valence-corrected chi connectivity index (χ4v) is 1.01. The Labute approximate surface area is 64.6 Å². The number of anilines is 1. The van der Waals surface area contributed by atoms with Gasteiger partial charge in [0.2, 0.25) is 0 Å². The standard InChI is InChI=1S/C7H8N4/c1-2-8-5-10-7(1)11-4-3-9-6-11/h1-2,5-6H,3-4H2. The second kappa shape index (κ2) is 2.65. The van der Waals surface area contributed by atoms with Crippen LogP contribution in [0, 0.1) is 0 Å². The zero-order valence-corrected chi connectivity index (χ0v) is 6.01. The Morgan fingerprint density at radius 1 is 1.45 bits per heavy atom. The van der Waals surface area contributed by atoms with Gasteiger partial charge in [-0.2, -0.15) is 0 Å². The lowest BCUT2D eigenvalue weighted by Crippen LogP contribution is -2.19. The molecule has 0 aliphatic carbocycles. The first kappa shape index (κ1) is 6.27. The molecule has 0 fully saturated rings. The molecule has 56 valence electrons. The van der Waals surface area contributed by atoms with E-state index in [-0.39, 0.29) is 0 Å². The highest BCUT2D eigenvalue weighted by molar-refractivity contribution is 5.78. The van der Waals surface area contributed by atoms with Crippen molar-refractivity contribution in [1.29, 1.82) is 0 Å². The lowest BCUT2D eigenvalue weighted by atomic mass is 10.5. The highest BCUT2D eigenvalue weighted by atomic mass is 15.2. The summed E-state index contributed by atoms with van der Waals surface area (Å²) in [6.07, 6.45) is 5.08. The Bertz CT molecular complexity index is 256. The van der Waals surface area contributed by atoms with E-state index in [4.69, 9.17) is 0 Å². The molecule has 0 N–H and O–H groups in total. The summed E-state index contributed by atoms with van der Waals surface area (Å²) in [7, 11) is 0. The molecule has 11 heavy (non-hydrogen) atoms. The van der Waals surface area contributed by atoms with Crippen molar-refractivity contribution in [3.8, 4) is 0 Å². The molecular formula is C7H8N4. The van der Waals surface area contributed by atoms with E-state index in [0.717, 1.165) is 18.9 Å². The lowest BCUT2D eigenvalue weighted by Gasteiger charge is -2.10. The van der Waals surface area contributed by atoms with Crippen LogP contribution in [-0.2, 0) is 0 Å². The third-order valence-corrected chi connectivity index (χ3v) is 1.55. The van der Waals surface area contributed by atoms with Crippen LogP contribution in [0.3, 0.4) is 0 Å². The molecule has 1 aliphatic heterocycles. The van der Waals surface area contributed by atoms with E-state index in [0.29, 0.717) is 0 Å². The molecule has 0 unspecified atom stereocenters. The van der Waals surface area contributed by atoms with Crippen LogP contribution in [0.5, 0.6) is 0 Å². The molecule has 0 saturated carbocycles. The molecule has 2 rings (SSSR count). The normalized spacial score (nSPS) is 15.8. The fourth-order valence-electron chi connectivity index (χ4n) is 1.01. The van der Waals surface area contributed by atoms with Gasteiger partial charge >= 0.3 is 0 Å². The quantitative estimate of drug-likeness (QED) is 0.576. The maximum absolute atomic E-state index is 4.08. The summed E-state index contributed by atoms with van der Waals surface area (Å²) in [5.74, 6) is 0.918. The molecule has 1 aromatic heterocycles. The second-order valence-electron chi connectivity index (χ2n) is 2.28. The summed E-state index contributed by atoms with van der Waals surface area (Å²) >= 11 is 0. The van der Waals surface area contributed by atoms with Gasteiger partial charge in [-0.05, 0) is 6.07 Å². The van der Waals surface area contributed by atoms with Crippen molar-refractivity contribution in [2.75, 3.05) is 18.0 Å². The molecule has 0 amide bonds. The third kappa shape index (κ3) is 1.19. The van der Waals surface area contributed by atoms with Gasteiger partial charge in [-0.15, -0.1) is 0 Å². The van der Waals surface area contributed by atoms with Gasteiger partial charge in [0.05, 0.1) is 12.9 Å². The largest absolute Gasteiger partial charge is 0.316 e. The Morgan fingerprint density at radius 3 is 3.09 bits per heavy atom. The van der Waals surface area contributed by atoms with Gasteiger partial charge in [0.1, 0.15) is 12.1 Å². The Kier molecular flexibility index (Phi) is 1.51. The number of rotatable bonds is 1. The van der Waals surface area contributed by atoms with Gasteiger partial charge in [-0.25, -0.2) is 9.97 Å². The smallest absolute Gasteiger partial charge is 0.137 e. The monoisotopic (exact) mass is 148 g/mol. The van der Waals surface area contributed by atoms with E-state index < -0.39 is 0 Å². The maximum Gasteiger partial charge on any atom is 0.137 e. The molecule has 1 aromatic rings. The van der Waals surface area contributed by atoms with E-state index in [1.165, 1.54) is 0 Å². The summed E-state index contributed by atoms with van der Waals surface area (Å²) in [6, 6.07) is 1.87. The molecule has 0 spiro atoms. The summed E-state index contributed by atoms with van der Waals surface area (Å²) in [5, 5.41) is 0. The molecule has 0 bridgehead atoms. The van der Waals surface area contributed by atoms with Crippen molar-refractivity contribution in [3.05, 3.63) is 18.6 Å². The zero-order valence-electron chi connectivity index (χ0n) is 6.01. The van der Waals surface area contributed by atoms with Gasteiger partial charge < -0.3 is 4.90 Å². The first-order chi connectivity index (χ1) is 5.47. The van der Waals surface area contributed by atoms with Gasteiger partial charge in [-0.1, -0.05) is 0 Å². The van der Waals surface area contributed by atoms with Crippen LogP contribution in [0.15, 0.2) is 23.6 Å². The Morgan fingerprint density at radius 2 is 2.45 bits per heavy atom. The summed E-state index contributed by atoms with van der Waals surface area (Å²) in [4.78, 5) is 14.0. The van der Waals surface area contributed by atoms with Crippen LogP contribution >= 0.6 is 0 Å². The molecule has 0 aromatic carbocycles. The average Bonchev–Trinajstić information content (AvgIpc) is 2.58. The predicted molar refractivity (Wildman–Crippen MR) is 42.7 cm³/mol. The second-order valence-corrected chi connectivity index (χ2v) is 2.28. The first-order valence-corrected chi connectivity index (χ1v) is 3.49. The van der Waals surface area contributed by atoms with Crippen LogP contribution in [0.25, 0.3) is 0 Å². The van der Waals surface area contributed by atoms with Crippen LogP contribution in [0.4, 0.5) is 5.82 Å². The van der Waals surface area contributed by atoms with Crippen LogP contribution in [-0.4, -0.2) is 29.4 Å². The lowest BCUT2D eigenvalue weighted by molar-refractivity contribution is 0.991. The first-order valence-electron chi connectivity index (χ1n) is 3.49. The number of hydrogen-bond acceptors (Lipinski definition) is 4. The van der Waals surface area contributed by atoms with Crippen molar-refractivity contribution in [3.63, 3.8) is 0 Å². The SMILES string of the molecule is C1=NCCN1c1ccncn1. The molecule has 1 aliphatic rings. The van der Waals surface area contributed by atoms with E-state index in [9.17, 15) is 0 Å². The molecule has 4 nitrogen and oxygen atoms in total. The molecule has 0 radical (unpaired) electrons. The highest BCUT2D eigenvalue weighted by Crippen LogP contribution is 2.07. The number of nitrogens with zero attached hydrogens (tertiary/aromatic N) is 4. The average molecular weight is 148 g/mol. The molecule has 0 atom stereocenters. The Hall–Kier alpha value is -1.45. The van der Waals surface area contributed by atoms with Crippen LogP contribution < -0.4 is 4.90 Å². The predicted octanol–water partition coefficient (Wildman–Crippen LogP) is 0.325. The molecule has 2 heterocycles. The van der Waals surface area contributed by atoms with Gasteiger partial charge in [0, 0.05) is 12.7 Å². The molecule has 0 saturated heterocycles. The summed E-state index contributed by atoms with van der Waals surface area (Å²) in [5.41, 5.74) is 0. The minimum absolute atomic E-state index is 0.865. The minimum atomic E-state index is 0.865. The third-order valence-electron chi connectivity index (χ3n) is 1.55. The topological polar surface area (TPSA) is 41.4 Å². The fraction of sp³-hybridized carbons (Fsp3) is 0.286. The highest BCUT2D eigenvalue weighted by Gasteiger charge is 2.07. The number of aromatic nitrogens is 2. The van der Waals surface area contributed by atoms with E-state index >= 15 is 0 Å². The number of hydrogen-bond donors (Lipinski definition) is 0. The summed E-state index contributed by atoms with van der Waals surface area (Å²) < 4.78 is 0. The number of aliphatic imine (C=N–C) groups is 1. The van der Waals surface area contributed by atoms with E-state index in [2.05, 4.69) is 15.0 Å². The van der Waals surface area contributed by atoms with Crippen molar-refractivity contribution in [1.82, 2.24) is 9.97 Å². The molecular weight excluding hydrogens is 140 g/mol. The minimum Gasteiger partial charge on any atom is -0.316 e. The summed E-state index contributed by atoms with van der Waals surface area (Å²) in [6.45, 7) is 1.79. The van der Waals surface area contributed by atoms with Crippen molar-refractivity contribution >= 4 is 12.2 Å². The van der Waals surface area contributed by atoms with Crippen LogP contribution in [0.1, 0.15) is 0 Å². The van der Waals surface area contributed by atoms with Gasteiger partial charge in [0.15, 0.2) is 0 Å². The molecule has 4 heteroatoms. The van der Waals surface area contributed by atoms with Crippen molar-refractivity contribution < 1.29 is 0 Å². The maximum atomic E-state index is 4.08. The zero-order chi connectivity index (χ0) is 7.52. The van der Waals surface area contributed by atoms with Crippen molar-refractivity contribution in [2.45, 2.75) is 0 Å². The van der Waals surface area contributed by atoms with Crippen LogP contribution in [0.2, 0.25) is 0 Å². The van der Waals surface area contributed by atoms with E-state index in [1.54, 1.807) is 12.5 Å². The van der Waals surface area contributed by atoms with Crippen molar-refractivity contribution in [2.24, 2.45) is 4.99 Å². The van der Waals surface area contributed by atoms with E-state index in [1.807, 2.05) is 17.3 Å².